The van der Waals surface area contributed by atoms with Crippen LogP contribution in [0.25, 0.3) is 0 Å². The number of methoxy groups -OCH3 is 2. The normalized spacial score (nSPS) is 18.8. The van der Waals surface area contributed by atoms with Crippen LogP contribution in [0.2, 0.25) is 0 Å². The van der Waals surface area contributed by atoms with Crippen molar-refractivity contribution in [2.24, 2.45) is 5.92 Å². The van der Waals surface area contributed by atoms with Crippen LogP contribution in [0, 0.1) is 5.92 Å². The number of sulfonamides is 1. The molecule has 0 radical (unpaired) electrons. The molecule has 1 saturated heterocycles. The largest absolute Gasteiger partial charge is 0.497 e. The van der Waals surface area contributed by atoms with E-state index in [1.807, 2.05) is 13.0 Å². The number of carbonyl (C=O) groups excluding carboxylic acids is 1. The quantitative estimate of drug-likeness (QED) is 0.718. The lowest BCUT2D eigenvalue weighted by molar-refractivity contribution is -0.126. The number of carbonyl (C=O) groups is 1. The number of hydrogen-bond donors (Lipinski definition) is 1. The van der Waals surface area contributed by atoms with E-state index in [0.717, 1.165) is 5.56 Å². The lowest BCUT2D eigenvalue weighted by atomic mass is 9.97. The number of rotatable bonds is 7. The summed E-state index contributed by atoms with van der Waals surface area (Å²) >= 11 is 1.19. The standard InChI is InChI=1S/C20H26N2O5S2/c1-14(17-12-16(26-2)8-9-18(17)27-3)21-20(23)15-6-4-10-22(13-15)29(24,25)19-7-5-11-28-19/h5,7-9,11-12,14-15H,4,6,10,13H2,1-3H3,(H,21,23)/t14-,15+/m1/s1. The van der Waals surface area contributed by atoms with E-state index in [2.05, 4.69) is 5.32 Å². The number of amides is 1. The molecule has 2 aromatic rings. The number of benzene rings is 1. The highest BCUT2D eigenvalue weighted by atomic mass is 32.2. The van der Waals surface area contributed by atoms with Gasteiger partial charge in [-0.3, -0.25) is 4.79 Å². The summed E-state index contributed by atoms with van der Waals surface area (Å²) in [7, 11) is -0.390. The van der Waals surface area contributed by atoms with Crippen molar-refractivity contribution < 1.29 is 22.7 Å². The van der Waals surface area contributed by atoms with Gasteiger partial charge >= 0.3 is 0 Å². The topological polar surface area (TPSA) is 84.9 Å². The fourth-order valence-corrected chi connectivity index (χ4v) is 6.17. The Balaban J connectivity index is 1.71. The van der Waals surface area contributed by atoms with Gasteiger partial charge < -0.3 is 14.8 Å². The van der Waals surface area contributed by atoms with E-state index in [-0.39, 0.29) is 18.5 Å². The molecule has 0 spiro atoms. The maximum Gasteiger partial charge on any atom is 0.252 e. The van der Waals surface area contributed by atoms with Gasteiger partial charge in [0.2, 0.25) is 5.91 Å². The van der Waals surface area contributed by atoms with Crippen LogP contribution in [0.3, 0.4) is 0 Å². The lowest BCUT2D eigenvalue weighted by Crippen LogP contribution is -2.45. The Kier molecular flexibility index (Phi) is 6.81. The third-order valence-electron chi connectivity index (χ3n) is 5.11. The number of piperidine rings is 1. The number of nitrogens with zero attached hydrogens (tertiary/aromatic N) is 1. The van der Waals surface area contributed by atoms with Gasteiger partial charge in [0.1, 0.15) is 15.7 Å². The van der Waals surface area contributed by atoms with Gasteiger partial charge in [0, 0.05) is 18.7 Å². The van der Waals surface area contributed by atoms with E-state index in [0.29, 0.717) is 35.1 Å². The second kappa shape index (κ2) is 9.15. The molecule has 1 aliphatic rings. The van der Waals surface area contributed by atoms with Crippen LogP contribution in [-0.4, -0.2) is 45.9 Å². The summed E-state index contributed by atoms with van der Waals surface area (Å²) in [5, 5.41) is 4.75. The zero-order valence-electron chi connectivity index (χ0n) is 16.8. The molecule has 0 saturated carbocycles. The molecule has 3 rings (SSSR count). The first-order valence-electron chi connectivity index (χ1n) is 9.42. The molecule has 9 heteroatoms. The van der Waals surface area contributed by atoms with Crippen molar-refractivity contribution in [3.8, 4) is 11.5 Å². The second-order valence-corrected chi connectivity index (χ2v) is 10.1. The van der Waals surface area contributed by atoms with Gasteiger partial charge in [0.05, 0.1) is 26.2 Å². The summed E-state index contributed by atoms with van der Waals surface area (Å²) in [6.45, 7) is 2.50. The third kappa shape index (κ3) is 4.73. The Bertz CT molecular complexity index is 944. The fourth-order valence-electron chi connectivity index (χ4n) is 3.50. The molecule has 1 aliphatic heterocycles. The summed E-state index contributed by atoms with van der Waals surface area (Å²) in [5.74, 6) is 0.780. The molecular formula is C20H26N2O5S2. The number of hydrogen-bond acceptors (Lipinski definition) is 6. The van der Waals surface area contributed by atoms with Crippen molar-refractivity contribution in [3.05, 3.63) is 41.3 Å². The van der Waals surface area contributed by atoms with Gasteiger partial charge in [-0.15, -0.1) is 11.3 Å². The number of nitrogens with one attached hydrogen (secondary N) is 1. The molecule has 158 valence electrons. The Morgan fingerprint density at radius 3 is 2.72 bits per heavy atom. The monoisotopic (exact) mass is 438 g/mol. The van der Waals surface area contributed by atoms with Crippen molar-refractivity contribution in [1.82, 2.24) is 9.62 Å². The maximum absolute atomic E-state index is 12.9. The van der Waals surface area contributed by atoms with Crippen LogP contribution in [0.4, 0.5) is 0 Å². The Hall–Kier alpha value is -2.10. The van der Waals surface area contributed by atoms with E-state index in [1.165, 1.54) is 15.6 Å². The zero-order valence-corrected chi connectivity index (χ0v) is 18.4. The fraction of sp³-hybridized carbons (Fsp3) is 0.450. The van der Waals surface area contributed by atoms with Gasteiger partial charge in [-0.25, -0.2) is 8.42 Å². The first kappa shape index (κ1) is 21.6. The van der Waals surface area contributed by atoms with Gasteiger partial charge in [0.15, 0.2) is 0 Å². The predicted molar refractivity (Wildman–Crippen MR) is 112 cm³/mol. The van der Waals surface area contributed by atoms with Gasteiger partial charge in [-0.2, -0.15) is 4.31 Å². The Labute approximate surface area is 175 Å². The van der Waals surface area contributed by atoms with Crippen LogP contribution in [0.1, 0.15) is 31.4 Å². The molecule has 0 aliphatic carbocycles. The van der Waals surface area contributed by atoms with Crippen LogP contribution in [-0.2, 0) is 14.8 Å². The van der Waals surface area contributed by atoms with E-state index in [1.54, 1.807) is 43.9 Å². The van der Waals surface area contributed by atoms with Gasteiger partial charge in [-0.1, -0.05) is 6.07 Å². The van der Waals surface area contributed by atoms with E-state index < -0.39 is 15.9 Å². The highest BCUT2D eigenvalue weighted by Gasteiger charge is 2.34. The van der Waals surface area contributed by atoms with Crippen molar-refractivity contribution >= 4 is 27.3 Å². The van der Waals surface area contributed by atoms with Crippen molar-refractivity contribution in [2.75, 3.05) is 27.3 Å². The van der Waals surface area contributed by atoms with Crippen LogP contribution in [0.15, 0.2) is 39.9 Å². The third-order valence-corrected chi connectivity index (χ3v) is 8.34. The molecular weight excluding hydrogens is 412 g/mol. The molecule has 1 amide bonds. The zero-order chi connectivity index (χ0) is 21.0. The van der Waals surface area contributed by atoms with Gasteiger partial charge in [-0.05, 0) is 49.4 Å². The van der Waals surface area contributed by atoms with Gasteiger partial charge in [0.25, 0.3) is 10.0 Å². The van der Waals surface area contributed by atoms with E-state index in [4.69, 9.17) is 9.47 Å². The van der Waals surface area contributed by atoms with Crippen molar-refractivity contribution in [3.63, 3.8) is 0 Å². The van der Waals surface area contributed by atoms with E-state index in [9.17, 15) is 13.2 Å². The highest BCUT2D eigenvalue weighted by Crippen LogP contribution is 2.30. The summed E-state index contributed by atoms with van der Waals surface area (Å²) in [5.41, 5.74) is 0.805. The minimum Gasteiger partial charge on any atom is -0.497 e. The molecule has 2 atom stereocenters. The SMILES string of the molecule is COc1ccc(OC)c([C@@H](C)NC(=O)[C@H]2CCCN(S(=O)(=O)c3cccs3)C2)c1. The summed E-state index contributed by atoms with van der Waals surface area (Å²) < 4.78 is 38.0. The average Bonchev–Trinajstić information content (AvgIpc) is 3.29. The first-order chi connectivity index (χ1) is 13.9. The summed E-state index contributed by atoms with van der Waals surface area (Å²) in [6, 6.07) is 8.43. The summed E-state index contributed by atoms with van der Waals surface area (Å²) in [4.78, 5) is 12.9. The predicted octanol–water partition coefficient (Wildman–Crippen LogP) is 3.04. The summed E-state index contributed by atoms with van der Waals surface area (Å²) in [6.07, 6.45) is 1.31. The van der Waals surface area contributed by atoms with Crippen LogP contribution < -0.4 is 14.8 Å². The molecule has 1 N–H and O–H groups in total. The lowest BCUT2D eigenvalue weighted by Gasteiger charge is -2.31. The minimum atomic E-state index is -3.55. The van der Waals surface area contributed by atoms with Crippen molar-refractivity contribution in [1.29, 1.82) is 0 Å². The average molecular weight is 439 g/mol. The molecule has 0 bridgehead atoms. The van der Waals surface area contributed by atoms with E-state index >= 15 is 0 Å². The Morgan fingerprint density at radius 2 is 2.07 bits per heavy atom. The maximum atomic E-state index is 12.9. The minimum absolute atomic E-state index is 0.159. The number of thiophene rings is 1. The second-order valence-electron chi connectivity index (χ2n) is 6.97. The molecule has 29 heavy (non-hydrogen) atoms. The molecule has 0 unspecified atom stereocenters. The highest BCUT2D eigenvalue weighted by molar-refractivity contribution is 7.91. The van der Waals surface area contributed by atoms with Crippen LogP contribution >= 0.6 is 11.3 Å². The van der Waals surface area contributed by atoms with Crippen molar-refractivity contribution in [2.45, 2.75) is 30.0 Å². The molecule has 7 nitrogen and oxygen atoms in total. The molecule has 1 fully saturated rings. The smallest absolute Gasteiger partial charge is 0.252 e. The molecule has 2 heterocycles. The van der Waals surface area contributed by atoms with Crippen LogP contribution in [0.5, 0.6) is 11.5 Å². The Morgan fingerprint density at radius 1 is 1.28 bits per heavy atom. The molecule has 1 aromatic carbocycles. The number of ether oxygens (including phenoxy) is 2. The first-order valence-corrected chi connectivity index (χ1v) is 11.7. The molecule has 1 aromatic heterocycles.